The van der Waals surface area contributed by atoms with Crippen molar-refractivity contribution in [2.45, 2.75) is 24.2 Å². The third-order valence-corrected chi connectivity index (χ3v) is 6.31. The van der Waals surface area contributed by atoms with E-state index < -0.39 is 27.2 Å². The average molecular weight is 393 g/mol. The van der Waals surface area contributed by atoms with Crippen molar-refractivity contribution in [3.8, 4) is 0 Å². The second-order valence-electron chi connectivity index (χ2n) is 6.85. The number of halogens is 1. The molecule has 0 aliphatic carbocycles. The summed E-state index contributed by atoms with van der Waals surface area (Å²) in [6.45, 7) is 0.891. The predicted molar refractivity (Wildman–Crippen MR) is 101 cm³/mol. The molecule has 1 aliphatic heterocycles. The lowest BCUT2D eigenvalue weighted by atomic mass is 9.77. The zero-order valence-corrected chi connectivity index (χ0v) is 15.8. The highest BCUT2D eigenvalue weighted by Crippen LogP contribution is 2.36. The molecule has 0 saturated carbocycles. The minimum absolute atomic E-state index is 0.0966. The number of hydrogen-bond acceptors (Lipinski definition) is 4. The second-order valence-corrected chi connectivity index (χ2v) is 8.66. The Morgan fingerprint density at radius 3 is 2.37 bits per heavy atom. The highest BCUT2D eigenvalue weighted by molar-refractivity contribution is 7.88. The van der Waals surface area contributed by atoms with Gasteiger partial charge in [0.2, 0.25) is 10.0 Å². The Morgan fingerprint density at radius 1 is 1.07 bits per heavy atom. The highest BCUT2D eigenvalue weighted by atomic mass is 32.2. The van der Waals surface area contributed by atoms with Crippen LogP contribution in [0.5, 0.6) is 0 Å². The zero-order valence-electron chi connectivity index (χ0n) is 15.0. The van der Waals surface area contributed by atoms with Gasteiger partial charge in [-0.15, -0.1) is 0 Å². The first-order valence-electron chi connectivity index (χ1n) is 8.97. The Morgan fingerprint density at radius 2 is 1.70 bits per heavy atom. The van der Waals surface area contributed by atoms with Crippen LogP contribution in [0.4, 0.5) is 4.39 Å². The van der Waals surface area contributed by atoms with Gasteiger partial charge in [0.1, 0.15) is 11.4 Å². The molecule has 27 heavy (non-hydrogen) atoms. The zero-order chi connectivity index (χ0) is 19.3. The van der Waals surface area contributed by atoms with Crippen molar-refractivity contribution in [3.05, 3.63) is 71.5 Å². The van der Waals surface area contributed by atoms with Crippen LogP contribution in [0.15, 0.2) is 54.6 Å². The maximum Gasteiger partial charge on any atom is 0.215 e. The highest BCUT2D eigenvalue weighted by Gasteiger charge is 2.40. The summed E-state index contributed by atoms with van der Waals surface area (Å²) in [6.07, 6.45) is 1.28. The SMILES string of the molecule is O=S(=O)(Cc1ccccc1F)NCC(O)(c1ccccc1)C1CCOCC1. The summed E-state index contributed by atoms with van der Waals surface area (Å²) in [7, 11) is -3.82. The molecule has 3 rings (SSSR count). The van der Waals surface area contributed by atoms with Crippen LogP contribution in [0.2, 0.25) is 0 Å². The summed E-state index contributed by atoms with van der Waals surface area (Å²) in [5.41, 5.74) is -0.599. The van der Waals surface area contributed by atoms with Crippen LogP contribution in [-0.4, -0.2) is 33.3 Å². The number of sulfonamides is 1. The van der Waals surface area contributed by atoms with Crippen LogP contribution in [0.1, 0.15) is 24.0 Å². The largest absolute Gasteiger partial charge is 0.383 e. The van der Waals surface area contributed by atoms with Crippen molar-refractivity contribution in [1.82, 2.24) is 4.72 Å². The van der Waals surface area contributed by atoms with Gasteiger partial charge >= 0.3 is 0 Å². The van der Waals surface area contributed by atoms with E-state index in [1.165, 1.54) is 18.2 Å². The van der Waals surface area contributed by atoms with E-state index in [4.69, 9.17) is 4.74 Å². The Labute approximate surface area is 159 Å². The summed E-state index contributed by atoms with van der Waals surface area (Å²) < 4.78 is 46.7. The first-order chi connectivity index (χ1) is 12.9. The molecule has 1 unspecified atom stereocenters. The number of ether oxygens (including phenoxy) is 1. The summed E-state index contributed by atoms with van der Waals surface area (Å²) in [6, 6.07) is 14.8. The van der Waals surface area contributed by atoms with Crippen LogP contribution >= 0.6 is 0 Å². The molecule has 0 spiro atoms. The maximum atomic E-state index is 13.8. The van der Waals surface area contributed by atoms with Gasteiger partial charge in [-0.05, 0) is 30.4 Å². The number of rotatable bonds is 7. The molecule has 5 nitrogen and oxygen atoms in total. The first kappa shape index (κ1) is 19.9. The minimum atomic E-state index is -3.82. The molecular weight excluding hydrogens is 369 g/mol. The second kappa shape index (κ2) is 8.48. The van der Waals surface area contributed by atoms with Gasteiger partial charge in [0.15, 0.2) is 0 Å². The van der Waals surface area contributed by atoms with Gasteiger partial charge in [-0.25, -0.2) is 17.5 Å². The molecule has 2 aromatic carbocycles. The predicted octanol–water partition coefficient (Wildman–Crippen LogP) is 2.56. The fourth-order valence-electron chi connectivity index (χ4n) is 3.48. The maximum absolute atomic E-state index is 13.8. The van der Waals surface area contributed by atoms with Gasteiger partial charge < -0.3 is 9.84 Å². The molecule has 146 valence electrons. The molecule has 1 atom stereocenters. The summed E-state index contributed by atoms with van der Waals surface area (Å²) >= 11 is 0. The normalized spacial score (nSPS) is 18.1. The molecule has 1 saturated heterocycles. The number of nitrogens with one attached hydrogen (secondary N) is 1. The van der Waals surface area contributed by atoms with E-state index in [1.54, 1.807) is 18.2 Å². The van der Waals surface area contributed by atoms with Crippen molar-refractivity contribution >= 4 is 10.0 Å². The topological polar surface area (TPSA) is 75.6 Å². The van der Waals surface area contributed by atoms with E-state index >= 15 is 0 Å². The fraction of sp³-hybridized carbons (Fsp3) is 0.400. The number of aliphatic hydroxyl groups is 1. The van der Waals surface area contributed by atoms with E-state index in [0.717, 1.165) is 0 Å². The molecular formula is C20H24FNO4S. The van der Waals surface area contributed by atoms with Crippen molar-refractivity contribution in [3.63, 3.8) is 0 Å². The summed E-state index contributed by atoms with van der Waals surface area (Å²) in [5, 5.41) is 11.4. The van der Waals surface area contributed by atoms with E-state index in [2.05, 4.69) is 4.72 Å². The summed E-state index contributed by atoms with van der Waals surface area (Å²) in [4.78, 5) is 0. The minimum Gasteiger partial charge on any atom is -0.383 e. The van der Waals surface area contributed by atoms with Gasteiger partial charge in [0, 0.05) is 25.3 Å². The molecule has 0 amide bonds. The molecule has 1 fully saturated rings. The van der Waals surface area contributed by atoms with Gasteiger partial charge in [-0.3, -0.25) is 0 Å². The number of benzene rings is 2. The van der Waals surface area contributed by atoms with E-state index in [9.17, 15) is 17.9 Å². The Bertz CT molecular complexity index is 853. The molecule has 2 aromatic rings. The van der Waals surface area contributed by atoms with Crippen LogP contribution in [0.3, 0.4) is 0 Å². The van der Waals surface area contributed by atoms with Crippen molar-refractivity contribution in [2.24, 2.45) is 5.92 Å². The monoisotopic (exact) mass is 393 g/mol. The Kier molecular flexibility index (Phi) is 6.26. The quantitative estimate of drug-likeness (QED) is 0.758. The van der Waals surface area contributed by atoms with E-state index in [1.807, 2.05) is 18.2 Å². The smallest absolute Gasteiger partial charge is 0.215 e. The van der Waals surface area contributed by atoms with Crippen LogP contribution in [0.25, 0.3) is 0 Å². The molecule has 2 N–H and O–H groups in total. The molecule has 0 aromatic heterocycles. The molecule has 0 radical (unpaired) electrons. The Hall–Kier alpha value is -1.80. The Balaban J connectivity index is 1.79. The lowest BCUT2D eigenvalue weighted by Gasteiger charge is -2.39. The van der Waals surface area contributed by atoms with Gasteiger partial charge in [0.25, 0.3) is 0 Å². The van der Waals surface area contributed by atoms with Crippen LogP contribution in [0, 0.1) is 11.7 Å². The first-order valence-corrected chi connectivity index (χ1v) is 10.6. The van der Waals surface area contributed by atoms with E-state index in [0.29, 0.717) is 31.6 Å². The van der Waals surface area contributed by atoms with Crippen molar-refractivity contribution in [2.75, 3.05) is 19.8 Å². The van der Waals surface area contributed by atoms with Crippen LogP contribution < -0.4 is 4.72 Å². The third kappa shape index (κ3) is 4.93. The average Bonchev–Trinajstić information content (AvgIpc) is 2.69. The standard InChI is InChI=1S/C20H24FNO4S/c21-19-9-5-4-6-16(19)14-27(24,25)22-15-20(23,17-7-2-1-3-8-17)18-10-12-26-13-11-18/h1-9,18,22-23H,10-15H2. The lowest BCUT2D eigenvalue weighted by Crippen LogP contribution is -2.47. The summed E-state index contributed by atoms with van der Waals surface area (Å²) in [5.74, 6) is -1.17. The van der Waals surface area contributed by atoms with Crippen molar-refractivity contribution in [1.29, 1.82) is 0 Å². The van der Waals surface area contributed by atoms with Gasteiger partial charge in [-0.1, -0.05) is 48.5 Å². The van der Waals surface area contributed by atoms with Gasteiger partial charge in [-0.2, -0.15) is 0 Å². The molecule has 1 heterocycles. The van der Waals surface area contributed by atoms with Gasteiger partial charge in [0.05, 0.1) is 5.75 Å². The van der Waals surface area contributed by atoms with E-state index in [-0.39, 0.29) is 18.0 Å². The molecule has 1 aliphatic rings. The fourth-order valence-corrected chi connectivity index (χ4v) is 4.66. The number of hydrogen-bond donors (Lipinski definition) is 2. The third-order valence-electron chi connectivity index (χ3n) is 5.04. The molecule has 0 bridgehead atoms. The van der Waals surface area contributed by atoms with Crippen LogP contribution in [-0.2, 0) is 26.1 Å². The lowest BCUT2D eigenvalue weighted by molar-refractivity contribution is -0.0663. The van der Waals surface area contributed by atoms with Crippen molar-refractivity contribution < 1.29 is 22.7 Å². The molecule has 7 heteroatoms.